The van der Waals surface area contributed by atoms with Crippen LogP contribution >= 0.6 is 0 Å². The molecule has 1 aromatic rings. The van der Waals surface area contributed by atoms with Crippen LogP contribution in [0.2, 0.25) is 0 Å². The third-order valence-corrected chi connectivity index (χ3v) is 2.71. The molecule has 13 heavy (non-hydrogen) atoms. The van der Waals surface area contributed by atoms with Crippen LogP contribution in [0.25, 0.3) is 0 Å². The maximum absolute atomic E-state index is 12.6. The Hall–Kier alpha value is -0.890. The lowest BCUT2D eigenvalue weighted by molar-refractivity contribution is 0.179. The molecule has 0 unspecified atom stereocenters. The van der Waals surface area contributed by atoms with Gasteiger partial charge in [0.25, 0.3) is 0 Å². The van der Waals surface area contributed by atoms with Crippen molar-refractivity contribution in [2.75, 3.05) is 0 Å². The molecule has 0 heterocycles. The van der Waals surface area contributed by atoms with Crippen LogP contribution in [-0.2, 0) is 6.61 Å². The summed E-state index contributed by atoms with van der Waals surface area (Å²) in [6, 6.07) is 7.78. The van der Waals surface area contributed by atoms with E-state index in [-0.39, 0.29) is 6.61 Å². The fourth-order valence-corrected chi connectivity index (χ4v) is 1.72. The molecular formula is C11H13FO. The van der Waals surface area contributed by atoms with E-state index in [0.29, 0.717) is 18.8 Å². The highest BCUT2D eigenvalue weighted by Crippen LogP contribution is 2.38. The molecule has 2 heteroatoms. The van der Waals surface area contributed by atoms with Crippen molar-refractivity contribution in [2.24, 2.45) is 0 Å². The van der Waals surface area contributed by atoms with E-state index in [1.807, 2.05) is 24.3 Å². The Kier molecular flexibility index (Phi) is 2.32. The summed E-state index contributed by atoms with van der Waals surface area (Å²) in [5.41, 5.74) is 2.12. The molecule has 0 amide bonds. The predicted octanol–water partition coefficient (Wildman–Crippen LogP) is 2.39. The van der Waals surface area contributed by atoms with Crippen molar-refractivity contribution >= 4 is 0 Å². The Labute approximate surface area is 77.2 Å². The molecule has 1 aliphatic carbocycles. The first-order chi connectivity index (χ1) is 6.29. The summed E-state index contributed by atoms with van der Waals surface area (Å²) in [4.78, 5) is 0. The lowest BCUT2D eigenvalue weighted by Gasteiger charge is -2.29. The van der Waals surface area contributed by atoms with Gasteiger partial charge >= 0.3 is 0 Å². The summed E-state index contributed by atoms with van der Waals surface area (Å²) in [6.45, 7) is 0.0800. The lowest BCUT2D eigenvalue weighted by Crippen LogP contribution is -2.22. The Bertz CT molecular complexity index is 275. The zero-order valence-corrected chi connectivity index (χ0v) is 7.41. The summed E-state index contributed by atoms with van der Waals surface area (Å²) in [5.74, 6) is 0.405. The summed E-state index contributed by atoms with van der Waals surface area (Å²) in [6.07, 6.45) is 0.735. The van der Waals surface area contributed by atoms with Gasteiger partial charge in [0.05, 0.1) is 6.61 Å². The summed E-state index contributed by atoms with van der Waals surface area (Å²) < 4.78 is 12.6. The Morgan fingerprint density at radius 3 is 2.31 bits per heavy atom. The molecule has 0 radical (unpaired) electrons. The number of benzene rings is 1. The number of rotatable bonds is 2. The SMILES string of the molecule is OCc1ccc(C2CC(F)C2)cc1. The maximum Gasteiger partial charge on any atom is 0.101 e. The molecule has 0 spiro atoms. The molecule has 0 atom stereocenters. The Morgan fingerprint density at radius 2 is 1.85 bits per heavy atom. The van der Waals surface area contributed by atoms with Crippen molar-refractivity contribution in [3.8, 4) is 0 Å². The number of aliphatic hydroxyl groups excluding tert-OH is 1. The Morgan fingerprint density at radius 1 is 1.23 bits per heavy atom. The highest BCUT2D eigenvalue weighted by molar-refractivity contribution is 5.26. The van der Waals surface area contributed by atoms with Crippen LogP contribution in [0.4, 0.5) is 4.39 Å². The number of alkyl halides is 1. The minimum atomic E-state index is -0.595. The topological polar surface area (TPSA) is 20.2 Å². The lowest BCUT2D eigenvalue weighted by atomic mass is 9.78. The Balaban J connectivity index is 2.06. The van der Waals surface area contributed by atoms with Crippen molar-refractivity contribution in [2.45, 2.75) is 31.5 Å². The third kappa shape index (κ3) is 1.73. The van der Waals surface area contributed by atoms with Crippen molar-refractivity contribution in [1.29, 1.82) is 0 Å². The van der Waals surface area contributed by atoms with Crippen molar-refractivity contribution in [1.82, 2.24) is 0 Å². The second kappa shape index (κ2) is 3.46. The molecule has 70 valence electrons. The minimum Gasteiger partial charge on any atom is -0.392 e. The maximum atomic E-state index is 12.6. The van der Waals surface area contributed by atoms with Gasteiger partial charge in [-0.1, -0.05) is 24.3 Å². The van der Waals surface area contributed by atoms with E-state index in [9.17, 15) is 4.39 Å². The van der Waals surface area contributed by atoms with Crippen LogP contribution in [0.1, 0.15) is 29.9 Å². The molecule has 0 aliphatic heterocycles. The first kappa shape index (κ1) is 8.70. The molecule has 1 nitrogen and oxygen atoms in total. The molecule has 1 aliphatic rings. The summed E-state index contributed by atoms with van der Waals surface area (Å²) in [5, 5.41) is 8.82. The smallest absolute Gasteiger partial charge is 0.101 e. The number of hydrogen-bond acceptors (Lipinski definition) is 1. The van der Waals surface area contributed by atoms with Crippen LogP contribution in [-0.4, -0.2) is 11.3 Å². The predicted molar refractivity (Wildman–Crippen MR) is 49.2 cm³/mol. The van der Waals surface area contributed by atoms with Crippen LogP contribution in [0.5, 0.6) is 0 Å². The normalized spacial score (nSPS) is 26.9. The van der Waals surface area contributed by atoms with Gasteiger partial charge < -0.3 is 5.11 Å². The molecule has 1 aromatic carbocycles. The number of halogens is 1. The third-order valence-electron chi connectivity index (χ3n) is 2.71. The van der Waals surface area contributed by atoms with Crippen LogP contribution in [0.15, 0.2) is 24.3 Å². The molecule has 0 aromatic heterocycles. The molecular weight excluding hydrogens is 167 g/mol. The average molecular weight is 180 g/mol. The quantitative estimate of drug-likeness (QED) is 0.741. The van der Waals surface area contributed by atoms with Gasteiger partial charge in [0.15, 0.2) is 0 Å². The van der Waals surface area contributed by atoms with Gasteiger partial charge in [0.2, 0.25) is 0 Å². The minimum absolute atomic E-state index is 0.0800. The van der Waals surface area contributed by atoms with Gasteiger partial charge in [0, 0.05) is 0 Å². The molecule has 0 bridgehead atoms. The van der Waals surface area contributed by atoms with E-state index in [2.05, 4.69) is 0 Å². The second-order valence-electron chi connectivity index (χ2n) is 3.67. The number of hydrogen-bond donors (Lipinski definition) is 1. The standard InChI is InChI=1S/C11H13FO/c12-11-5-10(6-11)9-3-1-8(7-13)2-4-9/h1-4,10-11,13H,5-7H2. The molecule has 0 saturated heterocycles. The number of aliphatic hydroxyl groups is 1. The van der Waals surface area contributed by atoms with E-state index in [1.165, 1.54) is 5.56 Å². The van der Waals surface area contributed by atoms with Gasteiger partial charge in [-0.3, -0.25) is 0 Å². The first-order valence-electron chi connectivity index (χ1n) is 4.63. The zero-order chi connectivity index (χ0) is 9.26. The summed E-state index contributed by atoms with van der Waals surface area (Å²) in [7, 11) is 0. The van der Waals surface area contributed by atoms with E-state index < -0.39 is 6.17 Å². The largest absolute Gasteiger partial charge is 0.392 e. The second-order valence-corrected chi connectivity index (χ2v) is 3.67. The van der Waals surface area contributed by atoms with E-state index in [4.69, 9.17) is 5.11 Å². The van der Waals surface area contributed by atoms with Gasteiger partial charge in [-0.15, -0.1) is 0 Å². The van der Waals surface area contributed by atoms with Crippen LogP contribution in [0.3, 0.4) is 0 Å². The van der Waals surface area contributed by atoms with Crippen molar-refractivity contribution in [3.63, 3.8) is 0 Å². The average Bonchev–Trinajstić information content (AvgIpc) is 2.13. The molecule has 2 rings (SSSR count). The first-order valence-corrected chi connectivity index (χ1v) is 4.63. The fourth-order valence-electron chi connectivity index (χ4n) is 1.72. The van der Waals surface area contributed by atoms with E-state index in [0.717, 1.165) is 5.56 Å². The van der Waals surface area contributed by atoms with E-state index >= 15 is 0 Å². The van der Waals surface area contributed by atoms with E-state index in [1.54, 1.807) is 0 Å². The summed E-state index contributed by atoms with van der Waals surface area (Å²) >= 11 is 0. The molecule has 1 saturated carbocycles. The fraction of sp³-hybridized carbons (Fsp3) is 0.455. The van der Waals surface area contributed by atoms with Gasteiger partial charge in [-0.2, -0.15) is 0 Å². The van der Waals surface area contributed by atoms with Crippen molar-refractivity contribution in [3.05, 3.63) is 35.4 Å². The van der Waals surface area contributed by atoms with Crippen LogP contribution in [0, 0.1) is 0 Å². The molecule has 1 N–H and O–H groups in total. The van der Waals surface area contributed by atoms with Gasteiger partial charge in [-0.05, 0) is 29.9 Å². The highest BCUT2D eigenvalue weighted by atomic mass is 19.1. The van der Waals surface area contributed by atoms with Gasteiger partial charge in [-0.25, -0.2) is 4.39 Å². The van der Waals surface area contributed by atoms with Crippen molar-refractivity contribution < 1.29 is 9.50 Å². The van der Waals surface area contributed by atoms with Gasteiger partial charge in [0.1, 0.15) is 6.17 Å². The van der Waals surface area contributed by atoms with Crippen LogP contribution < -0.4 is 0 Å². The zero-order valence-electron chi connectivity index (χ0n) is 7.41. The highest BCUT2D eigenvalue weighted by Gasteiger charge is 2.29. The molecule has 1 fully saturated rings. The monoisotopic (exact) mass is 180 g/mol.